The first-order valence-electron chi connectivity index (χ1n) is 9.84. The van der Waals surface area contributed by atoms with Gasteiger partial charge < -0.3 is 25.0 Å². The second kappa shape index (κ2) is 9.05. The van der Waals surface area contributed by atoms with Gasteiger partial charge in [-0.05, 0) is 37.5 Å². The van der Waals surface area contributed by atoms with Crippen LogP contribution in [0.25, 0.3) is 0 Å². The first-order chi connectivity index (χ1) is 14.3. The minimum atomic E-state index is -3.59. The Morgan fingerprint density at radius 3 is 2.53 bits per heavy atom. The van der Waals surface area contributed by atoms with Crippen LogP contribution in [-0.4, -0.2) is 76.5 Å². The van der Waals surface area contributed by atoms with Gasteiger partial charge in [-0.25, -0.2) is 13.2 Å². The van der Waals surface area contributed by atoms with E-state index in [4.69, 9.17) is 4.74 Å². The van der Waals surface area contributed by atoms with Gasteiger partial charge in [-0.2, -0.15) is 0 Å². The predicted molar refractivity (Wildman–Crippen MR) is 112 cm³/mol. The van der Waals surface area contributed by atoms with E-state index >= 15 is 0 Å². The van der Waals surface area contributed by atoms with Gasteiger partial charge in [-0.3, -0.25) is 4.79 Å². The third kappa shape index (κ3) is 4.59. The van der Waals surface area contributed by atoms with Gasteiger partial charge in [0.1, 0.15) is 5.70 Å². The molecule has 30 heavy (non-hydrogen) atoms. The molecule has 1 amide bonds. The van der Waals surface area contributed by atoms with Crippen molar-refractivity contribution >= 4 is 33.1 Å². The van der Waals surface area contributed by atoms with E-state index in [9.17, 15) is 23.1 Å². The summed E-state index contributed by atoms with van der Waals surface area (Å²) in [6.07, 6.45) is 4.37. The molecule has 2 heterocycles. The summed E-state index contributed by atoms with van der Waals surface area (Å²) in [6, 6.07) is 4.98. The minimum absolute atomic E-state index is 0.0194. The molecule has 1 saturated heterocycles. The second-order valence-corrected chi connectivity index (χ2v) is 9.40. The van der Waals surface area contributed by atoms with Crippen molar-refractivity contribution < 1.29 is 27.9 Å². The standard InChI is InChI=1S/C20H27N3O6S/c1-29-20(26)15-13-23(10-11-24)19(25)18(15)21-16-12-14(22-8-4-3-5-9-22)6-7-17(16)30(2,27)28/h6-7,12,21,24H,3-5,8-11,13H2,1-2H3. The molecule has 0 saturated carbocycles. The van der Waals surface area contributed by atoms with E-state index in [1.807, 2.05) is 0 Å². The van der Waals surface area contributed by atoms with E-state index in [1.54, 1.807) is 12.1 Å². The van der Waals surface area contributed by atoms with Crippen LogP contribution in [0.15, 0.2) is 34.4 Å². The number of β-amino-alcohol motifs (C(OH)–C–C–N with tert-alkyl or cyclic N) is 1. The van der Waals surface area contributed by atoms with Crippen molar-refractivity contribution in [1.82, 2.24) is 4.90 Å². The van der Waals surface area contributed by atoms with Gasteiger partial charge in [0.25, 0.3) is 5.91 Å². The highest BCUT2D eigenvalue weighted by Gasteiger charge is 2.35. The van der Waals surface area contributed by atoms with Gasteiger partial charge >= 0.3 is 5.97 Å². The topological polar surface area (TPSA) is 116 Å². The molecule has 1 fully saturated rings. The molecule has 2 aliphatic heterocycles. The molecular weight excluding hydrogens is 410 g/mol. The molecule has 2 N–H and O–H groups in total. The SMILES string of the molecule is COC(=O)C1=C(Nc2cc(N3CCCCC3)ccc2S(C)(=O)=O)C(=O)N(CCO)C1. The number of nitrogens with one attached hydrogen (secondary N) is 1. The molecule has 3 rings (SSSR count). The summed E-state index contributed by atoms with van der Waals surface area (Å²) in [5, 5.41) is 12.1. The number of ether oxygens (including phenoxy) is 1. The zero-order valence-corrected chi connectivity index (χ0v) is 18.0. The van der Waals surface area contributed by atoms with Crippen LogP contribution in [0.4, 0.5) is 11.4 Å². The van der Waals surface area contributed by atoms with E-state index in [2.05, 4.69) is 10.2 Å². The number of benzene rings is 1. The molecule has 9 nitrogen and oxygen atoms in total. The molecule has 10 heteroatoms. The molecule has 2 aliphatic rings. The number of sulfone groups is 1. The molecule has 0 aliphatic carbocycles. The number of methoxy groups -OCH3 is 1. The summed E-state index contributed by atoms with van der Waals surface area (Å²) in [5.74, 6) is -1.17. The Bertz CT molecular complexity index is 967. The van der Waals surface area contributed by atoms with E-state index in [0.717, 1.165) is 44.3 Å². The first-order valence-corrected chi connectivity index (χ1v) is 11.7. The smallest absolute Gasteiger partial charge is 0.337 e. The minimum Gasteiger partial charge on any atom is -0.466 e. The Morgan fingerprint density at radius 2 is 1.93 bits per heavy atom. The molecule has 0 aromatic heterocycles. The Hall–Kier alpha value is -2.59. The number of hydrogen-bond acceptors (Lipinski definition) is 8. The number of amides is 1. The molecule has 0 radical (unpaired) electrons. The second-order valence-electron chi connectivity index (χ2n) is 7.42. The van der Waals surface area contributed by atoms with Crippen molar-refractivity contribution in [3.63, 3.8) is 0 Å². The number of carbonyl (C=O) groups is 2. The molecule has 1 aromatic rings. The largest absolute Gasteiger partial charge is 0.466 e. The first kappa shape index (κ1) is 22.1. The maximum absolute atomic E-state index is 12.8. The van der Waals surface area contributed by atoms with E-state index < -0.39 is 21.7 Å². The van der Waals surface area contributed by atoms with Crippen molar-refractivity contribution in [2.45, 2.75) is 24.2 Å². The summed E-state index contributed by atoms with van der Waals surface area (Å²) in [7, 11) is -2.38. The van der Waals surface area contributed by atoms with Gasteiger partial charge in [-0.15, -0.1) is 0 Å². The van der Waals surface area contributed by atoms with Crippen LogP contribution in [0.1, 0.15) is 19.3 Å². The maximum Gasteiger partial charge on any atom is 0.337 e. The van der Waals surface area contributed by atoms with Crippen molar-refractivity contribution in [3.05, 3.63) is 29.5 Å². The fourth-order valence-electron chi connectivity index (χ4n) is 3.77. The molecule has 0 atom stereocenters. The predicted octanol–water partition coefficient (Wildman–Crippen LogP) is 0.754. The highest BCUT2D eigenvalue weighted by Crippen LogP contribution is 2.32. The lowest BCUT2D eigenvalue weighted by Gasteiger charge is -2.29. The Balaban J connectivity index is 2.03. The van der Waals surface area contributed by atoms with Gasteiger partial charge in [0, 0.05) is 31.6 Å². The maximum atomic E-state index is 12.8. The number of aliphatic hydroxyl groups excluding tert-OH is 1. The van der Waals surface area contributed by atoms with Crippen LogP contribution in [0, 0.1) is 0 Å². The van der Waals surface area contributed by atoms with E-state index in [0.29, 0.717) is 0 Å². The van der Waals surface area contributed by atoms with Crippen LogP contribution in [0.3, 0.4) is 0 Å². The lowest BCUT2D eigenvalue weighted by atomic mass is 10.1. The molecule has 0 spiro atoms. The normalized spacial score (nSPS) is 17.5. The highest BCUT2D eigenvalue weighted by molar-refractivity contribution is 7.90. The van der Waals surface area contributed by atoms with Crippen LogP contribution < -0.4 is 10.2 Å². The van der Waals surface area contributed by atoms with Gasteiger partial charge in [0.2, 0.25) is 0 Å². The van der Waals surface area contributed by atoms with E-state index in [1.165, 1.54) is 18.1 Å². The van der Waals surface area contributed by atoms with E-state index in [-0.39, 0.29) is 41.5 Å². The number of hydrogen-bond donors (Lipinski definition) is 2. The summed E-state index contributed by atoms with van der Waals surface area (Å²) in [4.78, 5) is 28.5. The van der Waals surface area contributed by atoms with Crippen LogP contribution >= 0.6 is 0 Å². The number of carbonyl (C=O) groups excluding carboxylic acids is 2. The van der Waals surface area contributed by atoms with Crippen molar-refractivity contribution in [2.24, 2.45) is 0 Å². The lowest BCUT2D eigenvalue weighted by molar-refractivity contribution is -0.136. The fourth-order valence-corrected chi connectivity index (χ4v) is 4.60. The molecule has 0 bridgehead atoms. The van der Waals surface area contributed by atoms with Crippen LogP contribution in [0.2, 0.25) is 0 Å². The van der Waals surface area contributed by atoms with Crippen molar-refractivity contribution in [2.75, 3.05) is 56.4 Å². The van der Waals surface area contributed by atoms with Gasteiger partial charge in [0.05, 0.1) is 36.4 Å². The summed E-state index contributed by atoms with van der Waals surface area (Å²) >= 11 is 0. The van der Waals surface area contributed by atoms with Gasteiger partial charge in [-0.1, -0.05) is 0 Å². The fraction of sp³-hybridized carbons (Fsp3) is 0.500. The van der Waals surface area contributed by atoms with Crippen LogP contribution in [0.5, 0.6) is 0 Å². The molecule has 1 aromatic carbocycles. The average Bonchev–Trinajstić information content (AvgIpc) is 3.03. The molecule has 0 unspecified atom stereocenters. The molecule has 164 valence electrons. The number of anilines is 2. The molecular formula is C20H27N3O6S. The summed E-state index contributed by atoms with van der Waals surface area (Å²) in [5.41, 5.74) is 1.15. The third-order valence-corrected chi connectivity index (χ3v) is 6.45. The van der Waals surface area contributed by atoms with Crippen molar-refractivity contribution in [3.8, 4) is 0 Å². The summed E-state index contributed by atoms with van der Waals surface area (Å²) < 4.78 is 29.5. The zero-order valence-electron chi connectivity index (χ0n) is 17.2. The van der Waals surface area contributed by atoms with Crippen molar-refractivity contribution in [1.29, 1.82) is 0 Å². The number of esters is 1. The third-order valence-electron chi connectivity index (χ3n) is 5.30. The number of piperidine rings is 1. The number of rotatable bonds is 7. The zero-order chi connectivity index (χ0) is 21.9. The average molecular weight is 438 g/mol. The monoisotopic (exact) mass is 437 g/mol. The number of nitrogens with zero attached hydrogens (tertiary/aromatic N) is 2. The Labute approximate surface area is 176 Å². The Kier molecular flexibility index (Phi) is 6.67. The Morgan fingerprint density at radius 1 is 1.23 bits per heavy atom. The van der Waals surface area contributed by atoms with Crippen LogP contribution in [-0.2, 0) is 24.2 Å². The van der Waals surface area contributed by atoms with Gasteiger partial charge in [0.15, 0.2) is 9.84 Å². The quantitative estimate of drug-likeness (QED) is 0.601. The summed E-state index contributed by atoms with van der Waals surface area (Å²) in [6.45, 7) is 1.52. The lowest BCUT2D eigenvalue weighted by Crippen LogP contribution is -2.31. The number of aliphatic hydroxyl groups is 1. The highest BCUT2D eigenvalue weighted by atomic mass is 32.2.